The summed E-state index contributed by atoms with van der Waals surface area (Å²) >= 11 is 15.7. The van der Waals surface area contributed by atoms with Gasteiger partial charge in [0.25, 0.3) is 0 Å². The maximum atomic E-state index is 9.48. The zero-order valence-electron chi connectivity index (χ0n) is 9.94. The minimum Gasteiger partial charge on any atom is -0.508 e. The standard InChI is InChI=1S/C14H7BrCl2N2O/c15-7-1-3-9(11(16)5-7)14-18-12-4-2-8(20)6-10(12)13(17)19-14/h1-6,20H. The third-order valence-electron chi connectivity index (χ3n) is 2.80. The number of fused-ring (bicyclic) bond motifs is 1. The molecule has 3 nitrogen and oxygen atoms in total. The van der Waals surface area contributed by atoms with Crippen LogP contribution in [0.25, 0.3) is 22.3 Å². The van der Waals surface area contributed by atoms with E-state index in [-0.39, 0.29) is 10.9 Å². The van der Waals surface area contributed by atoms with E-state index in [1.807, 2.05) is 12.1 Å². The molecule has 0 radical (unpaired) electrons. The SMILES string of the molecule is Oc1ccc2nc(-c3ccc(Br)cc3Cl)nc(Cl)c2c1. The average molecular weight is 370 g/mol. The lowest BCUT2D eigenvalue weighted by Crippen LogP contribution is -1.92. The molecule has 1 heterocycles. The Morgan fingerprint density at radius 1 is 1.00 bits per heavy atom. The van der Waals surface area contributed by atoms with E-state index in [1.54, 1.807) is 18.2 Å². The Bertz CT molecular complexity index is 824. The van der Waals surface area contributed by atoms with E-state index in [1.165, 1.54) is 6.07 Å². The Hall–Kier alpha value is -1.36. The molecule has 1 aromatic heterocycles. The Morgan fingerprint density at radius 3 is 2.55 bits per heavy atom. The maximum Gasteiger partial charge on any atom is 0.162 e. The van der Waals surface area contributed by atoms with Crippen molar-refractivity contribution in [1.82, 2.24) is 9.97 Å². The van der Waals surface area contributed by atoms with Crippen molar-refractivity contribution in [3.05, 3.63) is 51.0 Å². The van der Waals surface area contributed by atoms with Crippen molar-refractivity contribution in [2.24, 2.45) is 0 Å². The van der Waals surface area contributed by atoms with Crippen LogP contribution in [0, 0.1) is 0 Å². The molecule has 0 aliphatic rings. The molecule has 0 saturated heterocycles. The number of rotatable bonds is 1. The summed E-state index contributed by atoms with van der Waals surface area (Å²) in [7, 11) is 0. The van der Waals surface area contributed by atoms with Crippen molar-refractivity contribution in [3.8, 4) is 17.1 Å². The van der Waals surface area contributed by atoms with Crippen LogP contribution in [0.1, 0.15) is 0 Å². The van der Waals surface area contributed by atoms with Gasteiger partial charge >= 0.3 is 0 Å². The van der Waals surface area contributed by atoms with E-state index in [9.17, 15) is 5.11 Å². The first-order valence-corrected chi connectivity index (χ1v) is 7.21. The van der Waals surface area contributed by atoms with Gasteiger partial charge in [0, 0.05) is 15.4 Å². The molecule has 0 fully saturated rings. The van der Waals surface area contributed by atoms with Crippen LogP contribution in [-0.4, -0.2) is 15.1 Å². The van der Waals surface area contributed by atoms with Gasteiger partial charge in [0.2, 0.25) is 0 Å². The molecule has 0 saturated carbocycles. The van der Waals surface area contributed by atoms with Gasteiger partial charge in [0.05, 0.1) is 10.5 Å². The molecule has 1 N–H and O–H groups in total. The number of halogens is 3. The van der Waals surface area contributed by atoms with Gasteiger partial charge in [-0.2, -0.15) is 0 Å². The van der Waals surface area contributed by atoms with Crippen LogP contribution in [0.15, 0.2) is 40.9 Å². The number of hydrogen-bond donors (Lipinski definition) is 1. The van der Waals surface area contributed by atoms with Gasteiger partial charge in [-0.05, 0) is 36.4 Å². The Balaban J connectivity index is 2.24. The predicted octanol–water partition coefficient (Wildman–Crippen LogP) is 5.07. The first-order chi connectivity index (χ1) is 9.54. The van der Waals surface area contributed by atoms with Crippen molar-refractivity contribution in [3.63, 3.8) is 0 Å². The zero-order chi connectivity index (χ0) is 14.3. The first-order valence-electron chi connectivity index (χ1n) is 5.66. The predicted molar refractivity (Wildman–Crippen MR) is 84.4 cm³/mol. The molecular weight excluding hydrogens is 363 g/mol. The van der Waals surface area contributed by atoms with E-state index in [0.717, 1.165) is 4.47 Å². The number of aromatic hydroxyl groups is 1. The second-order valence-electron chi connectivity index (χ2n) is 4.16. The molecule has 6 heteroatoms. The summed E-state index contributed by atoms with van der Waals surface area (Å²) in [6.45, 7) is 0. The summed E-state index contributed by atoms with van der Waals surface area (Å²) < 4.78 is 0.878. The second-order valence-corrected chi connectivity index (χ2v) is 5.84. The Labute approximate surface area is 133 Å². The molecule has 0 aliphatic carbocycles. The van der Waals surface area contributed by atoms with Crippen LogP contribution < -0.4 is 0 Å². The Morgan fingerprint density at radius 2 is 1.80 bits per heavy atom. The number of aromatic nitrogens is 2. The van der Waals surface area contributed by atoms with Gasteiger partial charge in [0.1, 0.15) is 10.9 Å². The highest BCUT2D eigenvalue weighted by Gasteiger charge is 2.11. The van der Waals surface area contributed by atoms with Gasteiger partial charge in [0.15, 0.2) is 5.82 Å². The first kappa shape index (κ1) is 13.6. The molecule has 20 heavy (non-hydrogen) atoms. The summed E-state index contributed by atoms with van der Waals surface area (Å²) in [5.41, 5.74) is 1.35. The average Bonchev–Trinajstić information content (AvgIpc) is 2.39. The summed E-state index contributed by atoms with van der Waals surface area (Å²) in [6.07, 6.45) is 0. The summed E-state index contributed by atoms with van der Waals surface area (Å²) in [5.74, 6) is 0.572. The van der Waals surface area contributed by atoms with Crippen molar-refractivity contribution in [2.75, 3.05) is 0 Å². The third kappa shape index (κ3) is 2.46. The normalized spacial score (nSPS) is 10.9. The molecule has 100 valence electrons. The van der Waals surface area contributed by atoms with Crippen LogP contribution in [-0.2, 0) is 0 Å². The lowest BCUT2D eigenvalue weighted by molar-refractivity contribution is 0.476. The van der Waals surface area contributed by atoms with Crippen LogP contribution >= 0.6 is 39.1 Å². The molecule has 0 amide bonds. The quantitative estimate of drug-likeness (QED) is 0.609. The number of phenols is 1. The van der Waals surface area contributed by atoms with Crippen LogP contribution in [0.4, 0.5) is 0 Å². The highest BCUT2D eigenvalue weighted by molar-refractivity contribution is 9.10. The number of benzene rings is 2. The summed E-state index contributed by atoms with van der Waals surface area (Å²) in [5, 5.41) is 10.9. The molecule has 2 aromatic carbocycles. The minimum atomic E-state index is 0.123. The number of hydrogen-bond acceptors (Lipinski definition) is 3. The maximum absolute atomic E-state index is 9.48. The van der Waals surface area contributed by atoms with Crippen molar-refractivity contribution in [1.29, 1.82) is 0 Å². The fourth-order valence-electron chi connectivity index (χ4n) is 1.87. The molecule has 0 atom stereocenters. The Kier molecular flexibility index (Phi) is 3.54. The molecule has 3 rings (SSSR count). The van der Waals surface area contributed by atoms with E-state index < -0.39 is 0 Å². The lowest BCUT2D eigenvalue weighted by Gasteiger charge is -2.07. The third-order valence-corrected chi connectivity index (χ3v) is 3.90. The van der Waals surface area contributed by atoms with E-state index in [4.69, 9.17) is 23.2 Å². The van der Waals surface area contributed by atoms with Crippen LogP contribution in [0.5, 0.6) is 5.75 Å². The van der Waals surface area contributed by atoms with Crippen LogP contribution in [0.2, 0.25) is 10.2 Å². The highest BCUT2D eigenvalue weighted by Crippen LogP contribution is 2.32. The number of phenolic OH excluding ortho intramolecular Hbond substituents is 1. The molecule has 3 aromatic rings. The van der Waals surface area contributed by atoms with Gasteiger partial charge in [-0.3, -0.25) is 0 Å². The summed E-state index contributed by atoms with van der Waals surface area (Å²) in [6, 6.07) is 10.2. The second kappa shape index (κ2) is 5.20. The fraction of sp³-hybridized carbons (Fsp3) is 0. The van der Waals surface area contributed by atoms with Gasteiger partial charge in [-0.15, -0.1) is 0 Å². The smallest absolute Gasteiger partial charge is 0.162 e. The highest BCUT2D eigenvalue weighted by atomic mass is 79.9. The van der Waals surface area contributed by atoms with E-state index in [0.29, 0.717) is 27.3 Å². The van der Waals surface area contributed by atoms with Crippen LogP contribution in [0.3, 0.4) is 0 Å². The van der Waals surface area contributed by atoms with Crippen molar-refractivity contribution in [2.45, 2.75) is 0 Å². The number of nitrogens with zero attached hydrogens (tertiary/aromatic N) is 2. The molecular formula is C14H7BrCl2N2O. The largest absolute Gasteiger partial charge is 0.508 e. The topological polar surface area (TPSA) is 46.0 Å². The van der Waals surface area contributed by atoms with E-state index >= 15 is 0 Å². The zero-order valence-corrected chi connectivity index (χ0v) is 13.0. The van der Waals surface area contributed by atoms with Gasteiger partial charge < -0.3 is 5.11 Å². The fourth-order valence-corrected chi connectivity index (χ4v) is 2.86. The molecule has 0 spiro atoms. The van der Waals surface area contributed by atoms with E-state index in [2.05, 4.69) is 25.9 Å². The monoisotopic (exact) mass is 368 g/mol. The van der Waals surface area contributed by atoms with Crippen molar-refractivity contribution >= 4 is 50.0 Å². The van der Waals surface area contributed by atoms with Gasteiger partial charge in [-0.1, -0.05) is 39.1 Å². The lowest BCUT2D eigenvalue weighted by atomic mass is 10.2. The molecule has 0 unspecified atom stereocenters. The van der Waals surface area contributed by atoms with Crippen molar-refractivity contribution < 1.29 is 5.11 Å². The molecule has 0 bridgehead atoms. The van der Waals surface area contributed by atoms with Gasteiger partial charge in [-0.25, -0.2) is 9.97 Å². The summed E-state index contributed by atoms with van der Waals surface area (Å²) in [4.78, 5) is 8.68. The minimum absolute atomic E-state index is 0.123. The molecule has 0 aliphatic heterocycles.